The molecule has 136 valence electrons. The molecule has 0 spiro atoms. The molecule has 0 aliphatic heterocycles. The average molecular weight is 354 g/mol. The van der Waals surface area contributed by atoms with Crippen LogP contribution < -0.4 is 5.32 Å². The number of amides is 2. The van der Waals surface area contributed by atoms with Crippen LogP contribution in [0.4, 0.5) is 5.69 Å². The van der Waals surface area contributed by atoms with Gasteiger partial charge in [-0.25, -0.2) is 4.79 Å². The minimum absolute atomic E-state index is 0.0713. The number of nitrogens with one attached hydrogen (secondary N) is 1. The van der Waals surface area contributed by atoms with E-state index < -0.39 is 5.97 Å². The highest BCUT2D eigenvalue weighted by atomic mass is 16.5. The lowest BCUT2D eigenvalue weighted by Gasteiger charge is -2.18. The monoisotopic (exact) mass is 354 g/mol. The van der Waals surface area contributed by atoms with E-state index in [0.717, 1.165) is 0 Å². The molecule has 0 radical (unpaired) electrons. The number of hydrogen-bond acceptors (Lipinski definition) is 4. The molecule has 2 aromatic carbocycles. The van der Waals surface area contributed by atoms with E-state index in [1.807, 2.05) is 13.8 Å². The van der Waals surface area contributed by atoms with Crippen LogP contribution in [0.3, 0.4) is 0 Å². The van der Waals surface area contributed by atoms with Gasteiger partial charge in [-0.05, 0) is 50.2 Å². The van der Waals surface area contributed by atoms with Gasteiger partial charge in [-0.1, -0.05) is 12.1 Å². The van der Waals surface area contributed by atoms with Crippen LogP contribution >= 0.6 is 0 Å². The number of methoxy groups -OCH3 is 1. The summed E-state index contributed by atoms with van der Waals surface area (Å²) in [4.78, 5) is 38.2. The Labute approximate surface area is 152 Å². The van der Waals surface area contributed by atoms with Crippen molar-refractivity contribution in [3.8, 4) is 0 Å². The van der Waals surface area contributed by atoms with Crippen molar-refractivity contribution in [2.45, 2.75) is 13.8 Å². The molecule has 0 unspecified atom stereocenters. The van der Waals surface area contributed by atoms with Gasteiger partial charge in [-0.15, -0.1) is 0 Å². The number of para-hydroxylation sites is 1. The molecule has 0 heterocycles. The highest BCUT2D eigenvalue weighted by Crippen LogP contribution is 2.17. The van der Waals surface area contributed by atoms with Crippen molar-refractivity contribution in [3.05, 3.63) is 65.2 Å². The molecule has 6 nitrogen and oxygen atoms in total. The molecule has 0 saturated heterocycles. The predicted octanol–water partition coefficient (Wildman–Crippen LogP) is 3.21. The molecule has 2 aromatic rings. The third kappa shape index (κ3) is 4.27. The largest absolute Gasteiger partial charge is 0.465 e. The first-order chi connectivity index (χ1) is 12.5. The summed E-state index contributed by atoms with van der Waals surface area (Å²) in [5, 5.41) is 2.70. The zero-order valence-corrected chi connectivity index (χ0v) is 15.1. The molecule has 0 atom stereocenters. The maximum Gasteiger partial charge on any atom is 0.339 e. The van der Waals surface area contributed by atoms with Crippen LogP contribution in [-0.4, -0.2) is 42.9 Å². The van der Waals surface area contributed by atoms with Gasteiger partial charge in [0, 0.05) is 24.2 Å². The molecule has 2 rings (SSSR count). The molecule has 0 fully saturated rings. The molecule has 0 bridgehead atoms. The van der Waals surface area contributed by atoms with E-state index in [9.17, 15) is 14.4 Å². The van der Waals surface area contributed by atoms with E-state index in [2.05, 4.69) is 5.32 Å². The molecule has 1 N–H and O–H groups in total. The fraction of sp³-hybridized carbons (Fsp3) is 0.250. The lowest BCUT2D eigenvalue weighted by Crippen LogP contribution is -2.30. The fourth-order valence-corrected chi connectivity index (χ4v) is 2.53. The minimum atomic E-state index is -0.527. The Morgan fingerprint density at radius 1 is 0.923 bits per heavy atom. The molecule has 0 aromatic heterocycles. The summed E-state index contributed by atoms with van der Waals surface area (Å²) in [6.07, 6.45) is 0. The van der Waals surface area contributed by atoms with Crippen molar-refractivity contribution >= 4 is 23.5 Å². The molecular formula is C20H22N2O4. The van der Waals surface area contributed by atoms with Gasteiger partial charge in [0.2, 0.25) is 0 Å². The van der Waals surface area contributed by atoms with Gasteiger partial charge in [0.15, 0.2) is 0 Å². The van der Waals surface area contributed by atoms with Gasteiger partial charge in [0.1, 0.15) is 0 Å². The van der Waals surface area contributed by atoms with Gasteiger partial charge in [0.25, 0.3) is 11.8 Å². The number of carbonyl (C=O) groups excluding carboxylic acids is 3. The average Bonchev–Trinajstić information content (AvgIpc) is 2.68. The van der Waals surface area contributed by atoms with Crippen molar-refractivity contribution < 1.29 is 19.1 Å². The van der Waals surface area contributed by atoms with Crippen LogP contribution in [0.15, 0.2) is 48.5 Å². The van der Waals surface area contributed by atoms with E-state index >= 15 is 0 Å². The van der Waals surface area contributed by atoms with E-state index in [1.54, 1.807) is 53.4 Å². The summed E-state index contributed by atoms with van der Waals surface area (Å²) in [5.74, 6) is -0.970. The molecule has 0 aliphatic rings. The van der Waals surface area contributed by atoms with Crippen molar-refractivity contribution in [1.29, 1.82) is 0 Å². The van der Waals surface area contributed by atoms with Crippen LogP contribution in [0.2, 0.25) is 0 Å². The van der Waals surface area contributed by atoms with E-state index in [-0.39, 0.29) is 17.4 Å². The maximum absolute atomic E-state index is 12.4. The zero-order chi connectivity index (χ0) is 19.1. The Morgan fingerprint density at radius 2 is 1.50 bits per heavy atom. The number of hydrogen-bond donors (Lipinski definition) is 1. The number of benzene rings is 2. The van der Waals surface area contributed by atoms with Gasteiger partial charge in [-0.3, -0.25) is 9.59 Å². The highest BCUT2D eigenvalue weighted by Gasteiger charge is 2.16. The number of nitrogens with zero attached hydrogens (tertiary/aromatic N) is 1. The number of rotatable bonds is 6. The Bertz CT molecular complexity index is 796. The Kier molecular flexibility index (Phi) is 6.49. The third-order valence-electron chi connectivity index (χ3n) is 4.03. The fourth-order valence-electron chi connectivity index (χ4n) is 2.53. The Morgan fingerprint density at radius 3 is 2.08 bits per heavy atom. The topological polar surface area (TPSA) is 75.7 Å². The van der Waals surface area contributed by atoms with Gasteiger partial charge in [-0.2, -0.15) is 0 Å². The van der Waals surface area contributed by atoms with Crippen molar-refractivity contribution in [2.75, 3.05) is 25.5 Å². The summed E-state index contributed by atoms with van der Waals surface area (Å²) in [7, 11) is 1.28. The van der Waals surface area contributed by atoms with E-state index in [0.29, 0.717) is 29.9 Å². The first kappa shape index (κ1) is 19.2. The SMILES string of the molecule is CCN(CC)C(=O)c1ccc(C(=O)Nc2ccccc2C(=O)OC)cc1. The molecular weight excluding hydrogens is 332 g/mol. The maximum atomic E-state index is 12.4. The molecule has 6 heteroatoms. The second-order valence-corrected chi connectivity index (χ2v) is 5.55. The predicted molar refractivity (Wildman–Crippen MR) is 99.4 cm³/mol. The van der Waals surface area contributed by atoms with Crippen LogP contribution in [-0.2, 0) is 4.74 Å². The second-order valence-electron chi connectivity index (χ2n) is 5.55. The summed E-state index contributed by atoms with van der Waals surface area (Å²) < 4.78 is 4.72. The van der Waals surface area contributed by atoms with Crippen LogP contribution in [0.5, 0.6) is 0 Å². The first-order valence-corrected chi connectivity index (χ1v) is 8.39. The Hall–Kier alpha value is -3.15. The standard InChI is InChI=1S/C20H22N2O4/c1-4-22(5-2)19(24)15-12-10-14(11-13-15)18(23)21-17-9-7-6-8-16(17)20(25)26-3/h6-13H,4-5H2,1-3H3,(H,21,23). The smallest absolute Gasteiger partial charge is 0.339 e. The molecule has 0 saturated carbocycles. The zero-order valence-electron chi connectivity index (χ0n) is 15.1. The normalized spacial score (nSPS) is 10.1. The highest BCUT2D eigenvalue weighted by molar-refractivity contribution is 6.08. The van der Waals surface area contributed by atoms with Crippen molar-refractivity contribution in [3.63, 3.8) is 0 Å². The van der Waals surface area contributed by atoms with Gasteiger partial charge < -0.3 is 15.0 Å². The lowest BCUT2D eigenvalue weighted by atomic mass is 10.1. The quantitative estimate of drug-likeness (QED) is 0.808. The van der Waals surface area contributed by atoms with Crippen molar-refractivity contribution in [1.82, 2.24) is 4.90 Å². The minimum Gasteiger partial charge on any atom is -0.465 e. The lowest BCUT2D eigenvalue weighted by molar-refractivity contribution is 0.0601. The number of carbonyl (C=O) groups is 3. The first-order valence-electron chi connectivity index (χ1n) is 8.39. The summed E-state index contributed by atoms with van der Waals surface area (Å²) in [5.41, 5.74) is 1.56. The van der Waals surface area contributed by atoms with E-state index in [1.165, 1.54) is 7.11 Å². The molecule has 26 heavy (non-hydrogen) atoms. The van der Waals surface area contributed by atoms with Crippen molar-refractivity contribution in [2.24, 2.45) is 0 Å². The molecule has 2 amide bonds. The second kappa shape index (κ2) is 8.80. The van der Waals surface area contributed by atoms with Crippen LogP contribution in [0.1, 0.15) is 44.9 Å². The van der Waals surface area contributed by atoms with Crippen LogP contribution in [0.25, 0.3) is 0 Å². The number of esters is 1. The summed E-state index contributed by atoms with van der Waals surface area (Å²) >= 11 is 0. The summed E-state index contributed by atoms with van der Waals surface area (Å²) in [6, 6.07) is 13.0. The van der Waals surface area contributed by atoms with Gasteiger partial charge >= 0.3 is 5.97 Å². The third-order valence-corrected chi connectivity index (χ3v) is 4.03. The van der Waals surface area contributed by atoms with Crippen LogP contribution in [0, 0.1) is 0 Å². The summed E-state index contributed by atoms with van der Waals surface area (Å²) in [6.45, 7) is 5.09. The Balaban J connectivity index is 2.17. The number of ether oxygens (including phenoxy) is 1. The van der Waals surface area contributed by atoms with E-state index in [4.69, 9.17) is 4.74 Å². The van der Waals surface area contributed by atoms with Gasteiger partial charge in [0.05, 0.1) is 18.4 Å². The number of anilines is 1. The molecule has 0 aliphatic carbocycles.